The molecule has 0 aromatic carbocycles. The number of aromatic nitrogens is 2. The number of H-pyrrole nitrogens is 1. The van der Waals surface area contributed by atoms with Crippen LogP contribution in [0.1, 0.15) is 45.4 Å². The first-order valence-electron chi connectivity index (χ1n) is 6.10. The van der Waals surface area contributed by atoms with Crippen LogP contribution >= 0.6 is 23.6 Å². The predicted octanol–water partition coefficient (Wildman–Crippen LogP) is 3.97. The molecule has 0 atom stereocenters. The third-order valence-corrected chi connectivity index (χ3v) is 4.33. The number of aromatic amines is 1. The van der Waals surface area contributed by atoms with E-state index in [-0.39, 0.29) is 0 Å². The van der Waals surface area contributed by atoms with Crippen molar-refractivity contribution in [2.75, 3.05) is 5.32 Å². The molecule has 1 aromatic rings. The van der Waals surface area contributed by atoms with Crippen LogP contribution in [0, 0.1) is 9.87 Å². The summed E-state index contributed by atoms with van der Waals surface area (Å²) in [5.74, 6) is 0.959. The summed E-state index contributed by atoms with van der Waals surface area (Å²) in [5.41, 5.74) is 0. The van der Waals surface area contributed by atoms with E-state index in [9.17, 15) is 0 Å². The van der Waals surface area contributed by atoms with Gasteiger partial charge in [-0.1, -0.05) is 31.1 Å². The van der Waals surface area contributed by atoms with Crippen molar-refractivity contribution in [1.29, 1.82) is 0 Å². The predicted molar refractivity (Wildman–Crippen MR) is 71.6 cm³/mol. The van der Waals surface area contributed by atoms with Crippen LogP contribution in [0.3, 0.4) is 0 Å². The van der Waals surface area contributed by atoms with Gasteiger partial charge in [-0.3, -0.25) is 5.10 Å². The van der Waals surface area contributed by atoms with Gasteiger partial charge in [-0.2, -0.15) is 0 Å². The molecule has 2 N–H and O–H groups in total. The molecule has 1 heterocycles. The Morgan fingerprint density at radius 2 is 2.19 bits per heavy atom. The molecule has 0 aliphatic heterocycles. The van der Waals surface area contributed by atoms with Crippen molar-refractivity contribution in [3.05, 3.63) is 3.95 Å². The van der Waals surface area contributed by atoms with E-state index in [0.29, 0.717) is 6.04 Å². The molecule has 0 spiro atoms. The van der Waals surface area contributed by atoms with Crippen molar-refractivity contribution in [2.24, 2.45) is 5.92 Å². The van der Waals surface area contributed by atoms with E-state index in [0.717, 1.165) is 15.0 Å². The molecule has 3 nitrogen and oxygen atoms in total. The number of hydrogen-bond acceptors (Lipinski definition) is 4. The van der Waals surface area contributed by atoms with E-state index in [1.54, 1.807) is 0 Å². The molecule has 16 heavy (non-hydrogen) atoms. The molecule has 1 fully saturated rings. The fraction of sp³-hybridized carbons (Fsp3) is 0.818. The number of nitrogens with zero attached hydrogens (tertiary/aromatic N) is 1. The summed E-state index contributed by atoms with van der Waals surface area (Å²) in [6, 6.07) is 0.599. The fourth-order valence-corrected chi connectivity index (χ4v) is 3.34. The Hall–Kier alpha value is -0.420. The molecule has 2 rings (SSSR count). The molecule has 1 aliphatic carbocycles. The second kappa shape index (κ2) is 5.77. The zero-order chi connectivity index (χ0) is 11.4. The van der Waals surface area contributed by atoms with Crippen molar-refractivity contribution >= 4 is 28.7 Å². The summed E-state index contributed by atoms with van der Waals surface area (Å²) in [7, 11) is 0. The highest BCUT2D eigenvalue weighted by Crippen LogP contribution is 2.29. The molecule has 0 radical (unpaired) electrons. The molecule has 0 amide bonds. The smallest absolute Gasteiger partial charge is 0.204 e. The lowest BCUT2D eigenvalue weighted by atomic mass is 9.83. The van der Waals surface area contributed by atoms with Crippen molar-refractivity contribution in [1.82, 2.24) is 10.2 Å². The summed E-state index contributed by atoms with van der Waals surface area (Å²) in [4.78, 5) is 0. The second-order valence-corrected chi connectivity index (χ2v) is 6.23. The van der Waals surface area contributed by atoms with Crippen LogP contribution in [-0.4, -0.2) is 16.2 Å². The molecule has 1 saturated carbocycles. The molecule has 0 bridgehead atoms. The van der Waals surface area contributed by atoms with Crippen molar-refractivity contribution in [3.8, 4) is 0 Å². The van der Waals surface area contributed by atoms with E-state index in [1.807, 2.05) is 0 Å². The van der Waals surface area contributed by atoms with Gasteiger partial charge in [0.1, 0.15) is 0 Å². The minimum atomic E-state index is 0.599. The second-order valence-electron chi connectivity index (χ2n) is 4.57. The quantitative estimate of drug-likeness (QED) is 0.802. The van der Waals surface area contributed by atoms with Gasteiger partial charge in [-0.15, -0.1) is 5.10 Å². The average molecular weight is 257 g/mol. The molecule has 1 aromatic heterocycles. The molecule has 0 saturated heterocycles. The summed E-state index contributed by atoms with van der Waals surface area (Å²) in [5, 5.41) is 11.4. The Bertz CT molecular complexity index is 363. The minimum Gasteiger partial charge on any atom is -0.357 e. The van der Waals surface area contributed by atoms with Gasteiger partial charge in [0.05, 0.1) is 0 Å². The van der Waals surface area contributed by atoms with E-state index < -0.39 is 0 Å². The van der Waals surface area contributed by atoms with Gasteiger partial charge in [0.25, 0.3) is 0 Å². The van der Waals surface area contributed by atoms with Gasteiger partial charge < -0.3 is 5.32 Å². The maximum absolute atomic E-state index is 5.01. The van der Waals surface area contributed by atoms with Crippen molar-refractivity contribution in [2.45, 2.75) is 51.5 Å². The standard InChI is InChI=1S/C11H19N3S2/c1-2-3-8-4-6-9(7-5-8)12-10-13-14-11(15)16-10/h8-9H,2-7H2,1H3,(H,12,13)(H,14,15). The third kappa shape index (κ3) is 3.28. The molecular weight excluding hydrogens is 238 g/mol. The lowest BCUT2D eigenvalue weighted by Crippen LogP contribution is -2.25. The first-order chi connectivity index (χ1) is 7.78. The van der Waals surface area contributed by atoms with Crippen LogP contribution in [0.15, 0.2) is 0 Å². The maximum atomic E-state index is 5.01. The summed E-state index contributed by atoms with van der Waals surface area (Å²) < 4.78 is 0.752. The number of rotatable bonds is 4. The van der Waals surface area contributed by atoms with Crippen LogP contribution < -0.4 is 5.32 Å². The highest BCUT2D eigenvalue weighted by Gasteiger charge is 2.20. The number of anilines is 1. The summed E-state index contributed by atoms with van der Waals surface area (Å²) >= 11 is 6.54. The monoisotopic (exact) mass is 257 g/mol. The van der Waals surface area contributed by atoms with Crippen LogP contribution in [0.2, 0.25) is 0 Å². The first kappa shape index (κ1) is 12.0. The Kier molecular flexibility index (Phi) is 4.35. The van der Waals surface area contributed by atoms with E-state index >= 15 is 0 Å². The molecule has 5 heteroatoms. The van der Waals surface area contributed by atoms with Gasteiger partial charge in [0.15, 0.2) is 3.95 Å². The highest BCUT2D eigenvalue weighted by atomic mass is 32.1. The SMILES string of the molecule is CCCC1CCC(Nc2n[nH]c(=S)s2)CC1. The van der Waals surface area contributed by atoms with Crippen molar-refractivity contribution < 1.29 is 0 Å². The lowest BCUT2D eigenvalue weighted by molar-refractivity contribution is 0.319. The molecular formula is C11H19N3S2. The molecule has 1 aliphatic rings. The van der Waals surface area contributed by atoms with E-state index in [2.05, 4.69) is 22.4 Å². The number of nitrogens with one attached hydrogen (secondary N) is 2. The Labute approximate surface area is 106 Å². The molecule has 0 unspecified atom stereocenters. The van der Waals surface area contributed by atoms with E-state index in [1.165, 1.54) is 49.9 Å². The lowest BCUT2D eigenvalue weighted by Gasteiger charge is -2.28. The zero-order valence-corrected chi connectivity index (χ0v) is 11.3. The summed E-state index contributed by atoms with van der Waals surface area (Å²) in [6.07, 6.45) is 7.99. The maximum Gasteiger partial charge on any atom is 0.204 e. The Morgan fingerprint density at radius 1 is 1.44 bits per heavy atom. The van der Waals surface area contributed by atoms with Crippen molar-refractivity contribution in [3.63, 3.8) is 0 Å². The minimum absolute atomic E-state index is 0.599. The van der Waals surface area contributed by atoms with Crippen LogP contribution in [0.25, 0.3) is 0 Å². The van der Waals surface area contributed by atoms with E-state index in [4.69, 9.17) is 12.2 Å². The largest absolute Gasteiger partial charge is 0.357 e. The average Bonchev–Trinajstić information content (AvgIpc) is 2.67. The van der Waals surface area contributed by atoms with Gasteiger partial charge in [-0.25, -0.2) is 0 Å². The highest BCUT2D eigenvalue weighted by molar-refractivity contribution is 7.73. The summed E-state index contributed by atoms with van der Waals surface area (Å²) in [6.45, 7) is 2.28. The molecule has 90 valence electrons. The Morgan fingerprint density at radius 3 is 2.75 bits per heavy atom. The van der Waals surface area contributed by atoms with Gasteiger partial charge in [0.2, 0.25) is 5.13 Å². The van der Waals surface area contributed by atoms with Crippen LogP contribution in [-0.2, 0) is 0 Å². The van der Waals surface area contributed by atoms with Gasteiger partial charge in [0, 0.05) is 6.04 Å². The fourth-order valence-electron chi connectivity index (χ4n) is 2.47. The first-order valence-corrected chi connectivity index (χ1v) is 7.32. The topological polar surface area (TPSA) is 40.7 Å². The Balaban J connectivity index is 1.79. The third-order valence-electron chi connectivity index (χ3n) is 3.31. The van der Waals surface area contributed by atoms with Gasteiger partial charge >= 0.3 is 0 Å². The van der Waals surface area contributed by atoms with Crippen LogP contribution in [0.4, 0.5) is 5.13 Å². The zero-order valence-electron chi connectivity index (χ0n) is 9.66. The van der Waals surface area contributed by atoms with Crippen LogP contribution in [0.5, 0.6) is 0 Å². The normalized spacial score (nSPS) is 25.6. The van der Waals surface area contributed by atoms with Gasteiger partial charge in [-0.05, 0) is 43.8 Å². The number of hydrogen-bond donors (Lipinski definition) is 2.